The highest BCUT2D eigenvalue weighted by Crippen LogP contribution is 2.29. The number of ether oxygens (including phenoxy) is 1. The third kappa shape index (κ3) is 4.59. The minimum Gasteiger partial charge on any atom is -0.406 e. The fourth-order valence-electron chi connectivity index (χ4n) is 2.96. The highest BCUT2D eigenvalue weighted by Gasteiger charge is 2.36. The van der Waals surface area contributed by atoms with Crippen molar-refractivity contribution in [3.63, 3.8) is 0 Å². The molecule has 1 fully saturated rings. The molecule has 3 rings (SSSR count). The van der Waals surface area contributed by atoms with Crippen molar-refractivity contribution in [2.45, 2.75) is 19.7 Å². The number of amides is 2. The first kappa shape index (κ1) is 19.7. The van der Waals surface area contributed by atoms with Gasteiger partial charge < -0.3 is 15.0 Å². The third-order valence-corrected chi connectivity index (χ3v) is 4.22. The van der Waals surface area contributed by atoms with Crippen LogP contribution < -0.4 is 15.0 Å². The van der Waals surface area contributed by atoms with E-state index >= 15 is 0 Å². The summed E-state index contributed by atoms with van der Waals surface area (Å²) in [7, 11) is 0. The first-order chi connectivity index (χ1) is 13.1. The third-order valence-electron chi connectivity index (χ3n) is 4.22. The van der Waals surface area contributed by atoms with Crippen molar-refractivity contribution < 1.29 is 31.9 Å². The Morgan fingerprint density at radius 2 is 1.96 bits per heavy atom. The minimum absolute atomic E-state index is 0.0244. The molecule has 1 unspecified atom stereocenters. The molecule has 0 saturated carbocycles. The normalized spacial score (nSPS) is 17.0. The second kappa shape index (κ2) is 7.49. The van der Waals surface area contributed by atoms with Crippen molar-refractivity contribution in [3.05, 3.63) is 53.8 Å². The van der Waals surface area contributed by atoms with Gasteiger partial charge in [0.15, 0.2) is 0 Å². The van der Waals surface area contributed by atoms with Gasteiger partial charge in [0, 0.05) is 24.7 Å². The van der Waals surface area contributed by atoms with Crippen LogP contribution in [0.4, 0.5) is 28.9 Å². The molecule has 2 aromatic rings. The summed E-state index contributed by atoms with van der Waals surface area (Å²) in [6.45, 7) is 1.69. The Hall–Kier alpha value is -3.10. The zero-order valence-corrected chi connectivity index (χ0v) is 14.7. The van der Waals surface area contributed by atoms with Crippen LogP contribution in [0.3, 0.4) is 0 Å². The molecule has 2 amide bonds. The number of carbonyl (C=O) groups is 2. The van der Waals surface area contributed by atoms with Crippen LogP contribution in [-0.2, 0) is 9.59 Å². The molecule has 148 valence electrons. The number of carbonyl (C=O) groups excluding carboxylic acids is 2. The molecule has 1 aliphatic rings. The van der Waals surface area contributed by atoms with E-state index in [1.165, 1.54) is 29.2 Å². The van der Waals surface area contributed by atoms with Crippen LogP contribution in [-0.4, -0.2) is 24.7 Å². The van der Waals surface area contributed by atoms with Gasteiger partial charge in [-0.2, -0.15) is 0 Å². The molecular weight excluding hydrogens is 380 g/mol. The second-order valence-corrected chi connectivity index (χ2v) is 6.43. The van der Waals surface area contributed by atoms with Gasteiger partial charge in [0.1, 0.15) is 11.6 Å². The molecule has 5 nitrogen and oxygen atoms in total. The molecule has 1 aliphatic heterocycles. The highest BCUT2D eigenvalue weighted by atomic mass is 19.4. The van der Waals surface area contributed by atoms with Crippen molar-refractivity contribution in [3.8, 4) is 5.75 Å². The van der Waals surface area contributed by atoms with Crippen LogP contribution in [0.1, 0.15) is 12.0 Å². The van der Waals surface area contributed by atoms with Gasteiger partial charge >= 0.3 is 6.36 Å². The molecule has 2 aromatic carbocycles. The van der Waals surface area contributed by atoms with Crippen molar-refractivity contribution in [2.75, 3.05) is 16.8 Å². The van der Waals surface area contributed by atoms with E-state index in [2.05, 4.69) is 10.1 Å². The lowest BCUT2D eigenvalue weighted by Gasteiger charge is -2.18. The van der Waals surface area contributed by atoms with E-state index in [0.717, 1.165) is 12.1 Å². The molecule has 0 bridgehead atoms. The van der Waals surface area contributed by atoms with Crippen LogP contribution in [0.5, 0.6) is 5.75 Å². The smallest absolute Gasteiger partial charge is 0.406 e. The lowest BCUT2D eigenvalue weighted by molar-refractivity contribution is -0.274. The van der Waals surface area contributed by atoms with E-state index < -0.39 is 35.7 Å². The Bertz CT molecular complexity index is 914. The number of aryl methyl sites for hydroxylation is 1. The van der Waals surface area contributed by atoms with E-state index in [4.69, 9.17) is 0 Å². The first-order valence-electron chi connectivity index (χ1n) is 8.35. The Balaban J connectivity index is 1.69. The summed E-state index contributed by atoms with van der Waals surface area (Å²) < 4.78 is 54.8. The topological polar surface area (TPSA) is 58.6 Å². The van der Waals surface area contributed by atoms with Gasteiger partial charge in [0.05, 0.1) is 11.6 Å². The predicted octanol–water partition coefficient (Wildman–Crippen LogP) is 4.02. The van der Waals surface area contributed by atoms with Gasteiger partial charge in [-0.25, -0.2) is 4.39 Å². The Morgan fingerprint density at radius 1 is 1.21 bits per heavy atom. The lowest BCUT2D eigenvalue weighted by atomic mass is 10.1. The summed E-state index contributed by atoms with van der Waals surface area (Å²) in [6, 6.07) is 9.25. The number of halogens is 4. The molecule has 28 heavy (non-hydrogen) atoms. The Kier molecular flexibility index (Phi) is 5.26. The monoisotopic (exact) mass is 396 g/mol. The summed E-state index contributed by atoms with van der Waals surface area (Å²) in [4.78, 5) is 25.8. The Labute approximate surface area is 157 Å². The van der Waals surface area contributed by atoms with Crippen molar-refractivity contribution >= 4 is 23.2 Å². The number of nitrogens with zero attached hydrogens (tertiary/aromatic N) is 1. The number of anilines is 2. The maximum Gasteiger partial charge on any atom is 0.573 e. The molecule has 0 aromatic heterocycles. The number of benzene rings is 2. The van der Waals surface area contributed by atoms with E-state index in [1.807, 2.05) is 0 Å². The molecule has 1 saturated heterocycles. The Morgan fingerprint density at radius 3 is 2.64 bits per heavy atom. The van der Waals surface area contributed by atoms with Gasteiger partial charge in [-0.05, 0) is 36.8 Å². The van der Waals surface area contributed by atoms with Crippen LogP contribution in [0.15, 0.2) is 42.5 Å². The zero-order chi connectivity index (χ0) is 20.5. The highest BCUT2D eigenvalue weighted by molar-refractivity contribution is 6.03. The van der Waals surface area contributed by atoms with E-state index in [-0.39, 0.29) is 24.3 Å². The van der Waals surface area contributed by atoms with Crippen LogP contribution in [0.2, 0.25) is 0 Å². The fraction of sp³-hybridized carbons (Fsp3) is 0.263. The van der Waals surface area contributed by atoms with Crippen LogP contribution in [0, 0.1) is 18.7 Å². The first-order valence-corrected chi connectivity index (χ1v) is 8.35. The maximum atomic E-state index is 14.1. The van der Waals surface area contributed by atoms with E-state index in [9.17, 15) is 27.2 Å². The molecule has 1 heterocycles. The number of hydrogen-bond donors (Lipinski definition) is 1. The van der Waals surface area contributed by atoms with Gasteiger partial charge in [-0.3, -0.25) is 9.59 Å². The largest absolute Gasteiger partial charge is 0.573 e. The molecule has 0 spiro atoms. The molecule has 1 atom stereocenters. The second-order valence-electron chi connectivity index (χ2n) is 6.43. The molecule has 0 aliphatic carbocycles. The minimum atomic E-state index is -4.85. The van der Waals surface area contributed by atoms with Crippen molar-refractivity contribution in [2.24, 2.45) is 5.92 Å². The van der Waals surface area contributed by atoms with Gasteiger partial charge in [0.25, 0.3) is 0 Å². The maximum absolute atomic E-state index is 14.1. The summed E-state index contributed by atoms with van der Waals surface area (Å²) in [6.07, 6.45) is -4.98. The van der Waals surface area contributed by atoms with E-state index in [1.54, 1.807) is 13.0 Å². The average molecular weight is 396 g/mol. The number of hydrogen-bond acceptors (Lipinski definition) is 3. The average Bonchev–Trinajstić information content (AvgIpc) is 2.95. The quantitative estimate of drug-likeness (QED) is 0.794. The molecular formula is C19H16F4N2O3. The predicted molar refractivity (Wildman–Crippen MR) is 93.4 cm³/mol. The van der Waals surface area contributed by atoms with Gasteiger partial charge in [-0.1, -0.05) is 12.1 Å². The summed E-state index contributed by atoms with van der Waals surface area (Å²) in [5, 5.41) is 2.47. The number of alkyl halides is 3. The van der Waals surface area contributed by atoms with Gasteiger partial charge in [0.2, 0.25) is 11.8 Å². The SMILES string of the molecule is Cc1ccc(N2CC(C(=O)Nc3cccc(OC(F)(F)F)c3)CC2=O)c(F)c1. The van der Waals surface area contributed by atoms with Crippen LogP contribution >= 0.6 is 0 Å². The summed E-state index contributed by atoms with van der Waals surface area (Å²) in [5.74, 6) is -2.76. The summed E-state index contributed by atoms with van der Waals surface area (Å²) in [5.41, 5.74) is 0.883. The molecule has 1 N–H and O–H groups in total. The number of rotatable bonds is 4. The zero-order valence-electron chi connectivity index (χ0n) is 14.7. The van der Waals surface area contributed by atoms with E-state index in [0.29, 0.717) is 5.56 Å². The van der Waals surface area contributed by atoms with Crippen LogP contribution in [0.25, 0.3) is 0 Å². The lowest BCUT2D eigenvalue weighted by Crippen LogP contribution is -2.28. The molecule has 9 heteroatoms. The van der Waals surface area contributed by atoms with Crippen molar-refractivity contribution in [1.82, 2.24) is 0 Å². The molecule has 0 radical (unpaired) electrons. The fourth-order valence-corrected chi connectivity index (χ4v) is 2.96. The van der Waals surface area contributed by atoms with Crippen molar-refractivity contribution in [1.29, 1.82) is 0 Å². The standard InChI is InChI=1S/C19H16F4N2O3/c1-11-5-6-16(15(20)7-11)25-10-12(8-17(25)26)18(27)24-13-3-2-4-14(9-13)28-19(21,22)23/h2-7,9,12H,8,10H2,1H3,(H,24,27). The number of nitrogens with one attached hydrogen (secondary N) is 1. The summed E-state index contributed by atoms with van der Waals surface area (Å²) >= 11 is 0. The van der Waals surface area contributed by atoms with Gasteiger partial charge in [-0.15, -0.1) is 13.2 Å².